The lowest BCUT2D eigenvalue weighted by atomic mass is 9.83. The Hall–Kier alpha value is -0.950. The van der Waals surface area contributed by atoms with Gasteiger partial charge < -0.3 is 19.9 Å². The fourth-order valence-corrected chi connectivity index (χ4v) is 3.92. The van der Waals surface area contributed by atoms with Crippen LogP contribution in [0.1, 0.15) is 52.9 Å². The molecule has 6 nitrogen and oxygen atoms in total. The van der Waals surface area contributed by atoms with Gasteiger partial charge >= 0.3 is 12.1 Å². The van der Waals surface area contributed by atoms with E-state index in [1.54, 1.807) is 7.11 Å². The van der Waals surface area contributed by atoms with E-state index in [0.717, 1.165) is 12.8 Å². The number of carboxylic acids is 1. The molecule has 1 unspecified atom stereocenters. The number of ether oxygens (including phenoxy) is 2. The van der Waals surface area contributed by atoms with Gasteiger partial charge in [0.2, 0.25) is 0 Å². The van der Waals surface area contributed by atoms with Crippen molar-refractivity contribution in [2.24, 2.45) is 5.92 Å². The van der Waals surface area contributed by atoms with E-state index in [4.69, 9.17) is 14.6 Å². The minimum Gasteiger partial charge on any atom is -0.481 e. The molecule has 0 aliphatic heterocycles. The number of carbonyl (C=O) groups is 2. The van der Waals surface area contributed by atoms with Crippen LogP contribution >= 0.6 is 11.8 Å². The molecule has 1 rings (SSSR count). The molecule has 0 saturated heterocycles. The zero-order valence-electron chi connectivity index (χ0n) is 15.2. The Kier molecular flexibility index (Phi) is 8.91. The van der Waals surface area contributed by atoms with Gasteiger partial charge in [0.15, 0.2) is 0 Å². The van der Waals surface area contributed by atoms with E-state index in [2.05, 4.69) is 5.32 Å². The molecule has 140 valence electrons. The second kappa shape index (κ2) is 10.1. The third kappa shape index (κ3) is 8.24. The number of amides is 1. The van der Waals surface area contributed by atoms with Crippen LogP contribution < -0.4 is 5.32 Å². The number of thioether (sulfide) groups is 1. The number of hydrogen-bond acceptors (Lipinski definition) is 5. The first-order chi connectivity index (χ1) is 11.2. The van der Waals surface area contributed by atoms with Gasteiger partial charge in [0.25, 0.3) is 0 Å². The maximum absolute atomic E-state index is 12.2. The SMILES string of the molecule is CO[C@H](C1CCCCC1)C(CSCC(=O)O)NC(=O)OC(C)(C)C. The van der Waals surface area contributed by atoms with Gasteiger partial charge in [-0.3, -0.25) is 4.79 Å². The normalized spacial score (nSPS) is 18.7. The van der Waals surface area contributed by atoms with E-state index < -0.39 is 17.7 Å². The molecule has 0 aromatic rings. The molecule has 7 heteroatoms. The van der Waals surface area contributed by atoms with E-state index >= 15 is 0 Å². The van der Waals surface area contributed by atoms with Crippen molar-refractivity contribution in [1.29, 1.82) is 0 Å². The fraction of sp³-hybridized carbons (Fsp3) is 0.882. The lowest BCUT2D eigenvalue weighted by molar-refractivity contribution is -0.133. The summed E-state index contributed by atoms with van der Waals surface area (Å²) in [5.74, 6) is 0.0190. The molecular formula is C17H31NO5S. The average Bonchev–Trinajstić information content (AvgIpc) is 2.46. The first kappa shape index (κ1) is 21.1. The summed E-state index contributed by atoms with van der Waals surface area (Å²) in [6.45, 7) is 5.45. The number of methoxy groups -OCH3 is 1. The van der Waals surface area contributed by atoms with Crippen LogP contribution in [0.2, 0.25) is 0 Å². The van der Waals surface area contributed by atoms with Gasteiger partial charge in [-0.05, 0) is 39.5 Å². The molecule has 0 aromatic carbocycles. The summed E-state index contributed by atoms with van der Waals surface area (Å²) in [5.41, 5.74) is -0.573. The largest absolute Gasteiger partial charge is 0.481 e. The predicted molar refractivity (Wildman–Crippen MR) is 95.5 cm³/mol. The van der Waals surface area contributed by atoms with Crippen LogP contribution in [0.3, 0.4) is 0 Å². The van der Waals surface area contributed by atoms with Crippen molar-refractivity contribution < 1.29 is 24.2 Å². The summed E-state index contributed by atoms with van der Waals surface area (Å²) in [4.78, 5) is 22.9. The molecule has 2 atom stereocenters. The van der Waals surface area contributed by atoms with Crippen LogP contribution in [0.15, 0.2) is 0 Å². The molecule has 0 spiro atoms. The maximum Gasteiger partial charge on any atom is 0.407 e. The second-order valence-corrected chi connectivity index (χ2v) is 8.29. The number of carboxylic acid groups (broad SMARTS) is 1. The first-order valence-corrected chi connectivity index (χ1v) is 9.70. The van der Waals surface area contributed by atoms with Crippen molar-refractivity contribution in [2.75, 3.05) is 18.6 Å². The molecule has 1 amide bonds. The highest BCUT2D eigenvalue weighted by molar-refractivity contribution is 7.99. The minimum atomic E-state index is -0.859. The topological polar surface area (TPSA) is 84.9 Å². The van der Waals surface area contributed by atoms with Gasteiger partial charge in [0.1, 0.15) is 5.60 Å². The van der Waals surface area contributed by atoms with Crippen LogP contribution in [0.4, 0.5) is 4.79 Å². The van der Waals surface area contributed by atoms with Crippen LogP contribution in [0.5, 0.6) is 0 Å². The highest BCUT2D eigenvalue weighted by Gasteiger charge is 2.32. The highest BCUT2D eigenvalue weighted by atomic mass is 32.2. The molecule has 0 heterocycles. The molecule has 1 aliphatic rings. The van der Waals surface area contributed by atoms with Crippen molar-refractivity contribution >= 4 is 23.8 Å². The fourth-order valence-electron chi connectivity index (χ4n) is 3.10. The van der Waals surface area contributed by atoms with E-state index in [9.17, 15) is 9.59 Å². The molecule has 1 fully saturated rings. The third-order valence-electron chi connectivity index (χ3n) is 4.01. The monoisotopic (exact) mass is 361 g/mol. The van der Waals surface area contributed by atoms with Gasteiger partial charge in [-0.1, -0.05) is 19.3 Å². The summed E-state index contributed by atoms with van der Waals surface area (Å²) >= 11 is 1.29. The van der Waals surface area contributed by atoms with Crippen LogP contribution in [0, 0.1) is 5.92 Å². The standard InChI is InChI=1S/C17H31NO5S/c1-17(2,3)23-16(21)18-13(10-24-11-14(19)20)15(22-4)12-8-6-5-7-9-12/h12-13,15H,5-11H2,1-4H3,(H,18,21)(H,19,20)/t13?,15-/m1/s1. The quantitative estimate of drug-likeness (QED) is 0.690. The predicted octanol–water partition coefficient (Wildman–Crippen LogP) is 3.29. The van der Waals surface area contributed by atoms with Crippen molar-refractivity contribution in [3.63, 3.8) is 0 Å². The molecule has 0 aromatic heterocycles. The van der Waals surface area contributed by atoms with Gasteiger partial charge in [0, 0.05) is 12.9 Å². The number of aliphatic carboxylic acids is 1. The Labute approximate surface area is 149 Å². The Bertz CT molecular complexity index is 404. The smallest absolute Gasteiger partial charge is 0.407 e. The summed E-state index contributed by atoms with van der Waals surface area (Å²) < 4.78 is 11.1. The van der Waals surface area contributed by atoms with Crippen LogP contribution in [-0.4, -0.2) is 53.5 Å². The Balaban J connectivity index is 2.73. The van der Waals surface area contributed by atoms with Gasteiger partial charge in [-0.15, -0.1) is 11.8 Å². The Morgan fingerprint density at radius 2 is 1.88 bits per heavy atom. The Morgan fingerprint density at radius 1 is 1.25 bits per heavy atom. The number of nitrogens with one attached hydrogen (secondary N) is 1. The molecule has 24 heavy (non-hydrogen) atoms. The summed E-state index contributed by atoms with van der Waals surface area (Å²) in [5, 5.41) is 11.7. The summed E-state index contributed by atoms with van der Waals surface area (Å²) in [6, 6.07) is -0.266. The number of carbonyl (C=O) groups excluding carboxylic acids is 1. The van der Waals surface area contributed by atoms with E-state index in [0.29, 0.717) is 11.7 Å². The van der Waals surface area contributed by atoms with Gasteiger partial charge in [-0.2, -0.15) is 0 Å². The summed E-state index contributed by atoms with van der Waals surface area (Å²) in [6.07, 6.45) is 5.13. The second-order valence-electron chi connectivity index (χ2n) is 7.26. The lowest BCUT2D eigenvalue weighted by Gasteiger charge is -2.35. The average molecular weight is 362 g/mol. The van der Waals surface area contributed by atoms with Crippen molar-refractivity contribution in [2.45, 2.75) is 70.6 Å². The van der Waals surface area contributed by atoms with E-state index in [1.165, 1.54) is 31.0 Å². The highest BCUT2D eigenvalue weighted by Crippen LogP contribution is 2.30. The number of hydrogen-bond donors (Lipinski definition) is 2. The molecule has 0 radical (unpaired) electrons. The number of rotatable bonds is 8. The maximum atomic E-state index is 12.2. The van der Waals surface area contributed by atoms with E-state index in [-0.39, 0.29) is 17.9 Å². The van der Waals surface area contributed by atoms with Crippen molar-refractivity contribution in [1.82, 2.24) is 5.32 Å². The summed E-state index contributed by atoms with van der Waals surface area (Å²) in [7, 11) is 1.66. The molecule has 2 N–H and O–H groups in total. The molecule has 1 aliphatic carbocycles. The first-order valence-electron chi connectivity index (χ1n) is 8.55. The molecule has 1 saturated carbocycles. The van der Waals surface area contributed by atoms with Crippen molar-refractivity contribution in [3.05, 3.63) is 0 Å². The van der Waals surface area contributed by atoms with Crippen LogP contribution in [-0.2, 0) is 14.3 Å². The molecular weight excluding hydrogens is 330 g/mol. The third-order valence-corrected chi connectivity index (χ3v) is 5.05. The van der Waals surface area contributed by atoms with E-state index in [1.807, 2.05) is 20.8 Å². The molecule has 0 bridgehead atoms. The zero-order valence-corrected chi connectivity index (χ0v) is 16.0. The van der Waals surface area contributed by atoms with Crippen molar-refractivity contribution in [3.8, 4) is 0 Å². The minimum absolute atomic E-state index is 0.00754. The van der Waals surface area contributed by atoms with Gasteiger partial charge in [-0.25, -0.2) is 4.79 Å². The Morgan fingerprint density at radius 3 is 2.38 bits per heavy atom. The van der Waals surface area contributed by atoms with Crippen LogP contribution in [0.25, 0.3) is 0 Å². The van der Waals surface area contributed by atoms with Gasteiger partial charge in [0.05, 0.1) is 17.9 Å². The number of alkyl carbamates (subject to hydrolysis) is 1. The lowest BCUT2D eigenvalue weighted by Crippen LogP contribution is -2.50. The zero-order chi connectivity index (χ0) is 18.2.